The highest BCUT2D eigenvalue weighted by atomic mass is 32.2. The minimum absolute atomic E-state index is 0.00915. The fourth-order valence-corrected chi connectivity index (χ4v) is 3.13. The van der Waals surface area contributed by atoms with Crippen LogP contribution in [0.3, 0.4) is 0 Å². The van der Waals surface area contributed by atoms with E-state index in [0.717, 1.165) is 5.56 Å². The van der Waals surface area contributed by atoms with Crippen molar-refractivity contribution in [3.63, 3.8) is 0 Å². The van der Waals surface area contributed by atoms with E-state index in [1.165, 1.54) is 18.2 Å². The van der Waals surface area contributed by atoms with Crippen LogP contribution in [-0.2, 0) is 14.8 Å². The Morgan fingerprint density at radius 1 is 1.08 bits per heavy atom. The van der Waals surface area contributed by atoms with Crippen molar-refractivity contribution in [3.8, 4) is 11.5 Å². The molecule has 1 amide bonds. The van der Waals surface area contributed by atoms with Crippen molar-refractivity contribution in [3.05, 3.63) is 48.0 Å². The molecule has 2 aromatic rings. The highest BCUT2D eigenvalue weighted by molar-refractivity contribution is 7.89. The average Bonchev–Trinajstić information content (AvgIpc) is 3.03. The fraction of sp³-hybridized carbons (Fsp3) is 0.188. The average molecular weight is 348 g/mol. The van der Waals surface area contributed by atoms with Crippen molar-refractivity contribution >= 4 is 21.6 Å². The van der Waals surface area contributed by atoms with E-state index in [2.05, 4.69) is 10.0 Å². The second-order valence-corrected chi connectivity index (χ2v) is 7.02. The molecule has 24 heavy (non-hydrogen) atoms. The molecule has 2 aromatic carbocycles. The van der Waals surface area contributed by atoms with Crippen LogP contribution in [0, 0.1) is 6.92 Å². The maximum atomic E-state index is 12.2. The first-order chi connectivity index (χ1) is 11.4. The van der Waals surface area contributed by atoms with Crippen molar-refractivity contribution in [1.29, 1.82) is 0 Å². The summed E-state index contributed by atoms with van der Waals surface area (Å²) in [5.74, 6) is 0.399. The molecule has 0 radical (unpaired) electrons. The van der Waals surface area contributed by atoms with Crippen LogP contribution in [0.5, 0.6) is 11.5 Å². The van der Waals surface area contributed by atoms with E-state index in [0.29, 0.717) is 17.2 Å². The molecule has 3 rings (SSSR count). The molecule has 126 valence electrons. The SMILES string of the molecule is Cc1ccc(NC(=O)CNS(=O)(=O)c2ccc3c(c2)OCO3)cc1. The number of anilines is 1. The van der Waals surface area contributed by atoms with Crippen LogP contribution in [0.25, 0.3) is 0 Å². The van der Waals surface area contributed by atoms with Gasteiger partial charge in [-0.15, -0.1) is 0 Å². The lowest BCUT2D eigenvalue weighted by molar-refractivity contribution is -0.115. The van der Waals surface area contributed by atoms with Gasteiger partial charge in [0.05, 0.1) is 11.4 Å². The molecule has 0 saturated heterocycles. The van der Waals surface area contributed by atoms with Crippen LogP contribution < -0.4 is 19.5 Å². The first-order valence-corrected chi connectivity index (χ1v) is 8.68. The molecule has 8 heteroatoms. The summed E-state index contributed by atoms with van der Waals surface area (Å²) in [6.07, 6.45) is 0. The van der Waals surface area contributed by atoms with Gasteiger partial charge in [0.2, 0.25) is 22.7 Å². The van der Waals surface area contributed by atoms with Crippen LogP contribution in [0.2, 0.25) is 0 Å². The molecule has 0 aromatic heterocycles. The molecule has 0 spiro atoms. The third-order valence-corrected chi connectivity index (χ3v) is 4.81. The van der Waals surface area contributed by atoms with Gasteiger partial charge in [0.15, 0.2) is 11.5 Å². The number of carbonyl (C=O) groups is 1. The molecule has 0 atom stereocenters. The number of hydrogen-bond donors (Lipinski definition) is 2. The maximum absolute atomic E-state index is 12.2. The van der Waals surface area contributed by atoms with E-state index >= 15 is 0 Å². The summed E-state index contributed by atoms with van der Waals surface area (Å²) >= 11 is 0. The zero-order valence-electron chi connectivity index (χ0n) is 12.9. The standard InChI is InChI=1S/C16H16N2O5S/c1-11-2-4-12(5-3-11)18-16(19)9-17-24(20,21)13-6-7-14-15(8-13)23-10-22-14/h2-8,17H,9-10H2,1H3,(H,18,19). The zero-order chi connectivity index (χ0) is 17.2. The van der Waals surface area contributed by atoms with Crippen molar-refractivity contribution < 1.29 is 22.7 Å². The van der Waals surface area contributed by atoms with Gasteiger partial charge < -0.3 is 14.8 Å². The number of fused-ring (bicyclic) bond motifs is 1. The molecule has 1 heterocycles. The zero-order valence-corrected chi connectivity index (χ0v) is 13.7. The molecule has 1 aliphatic rings. The number of amides is 1. The number of rotatable bonds is 5. The van der Waals surface area contributed by atoms with Crippen LogP contribution in [0.4, 0.5) is 5.69 Å². The normalized spacial score (nSPS) is 12.9. The topological polar surface area (TPSA) is 93.7 Å². The summed E-state index contributed by atoms with van der Waals surface area (Å²) in [5, 5.41) is 2.62. The van der Waals surface area contributed by atoms with Crippen molar-refractivity contribution in [2.24, 2.45) is 0 Å². The van der Waals surface area contributed by atoms with E-state index in [9.17, 15) is 13.2 Å². The second-order valence-electron chi connectivity index (χ2n) is 5.25. The van der Waals surface area contributed by atoms with Crippen molar-refractivity contribution in [2.75, 3.05) is 18.7 Å². The van der Waals surface area contributed by atoms with E-state index in [1.807, 2.05) is 19.1 Å². The van der Waals surface area contributed by atoms with Crippen LogP contribution >= 0.6 is 0 Å². The number of hydrogen-bond acceptors (Lipinski definition) is 5. The summed E-state index contributed by atoms with van der Waals surface area (Å²) in [6, 6.07) is 11.5. The fourth-order valence-electron chi connectivity index (χ4n) is 2.13. The van der Waals surface area contributed by atoms with E-state index in [1.54, 1.807) is 12.1 Å². The summed E-state index contributed by atoms with van der Waals surface area (Å²) in [5.41, 5.74) is 1.67. The van der Waals surface area contributed by atoms with E-state index < -0.39 is 15.9 Å². The molecular weight excluding hydrogens is 332 g/mol. The number of ether oxygens (including phenoxy) is 2. The summed E-state index contributed by atoms with van der Waals surface area (Å²) < 4.78 is 37.0. The second kappa shape index (κ2) is 6.50. The Bertz CT molecular complexity index is 863. The Kier molecular flexibility index (Phi) is 4.41. The van der Waals surface area contributed by atoms with Crippen LogP contribution in [0.15, 0.2) is 47.4 Å². The molecule has 7 nitrogen and oxygen atoms in total. The quantitative estimate of drug-likeness (QED) is 0.857. The van der Waals surface area contributed by atoms with Gasteiger partial charge in [-0.1, -0.05) is 17.7 Å². The van der Waals surface area contributed by atoms with Gasteiger partial charge in [-0.2, -0.15) is 0 Å². The monoisotopic (exact) mass is 348 g/mol. The Hall–Kier alpha value is -2.58. The van der Waals surface area contributed by atoms with E-state index in [-0.39, 0.29) is 18.2 Å². The van der Waals surface area contributed by atoms with Gasteiger partial charge >= 0.3 is 0 Å². The summed E-state index contributed by atoms with van der Waals surface area (Å²) in [4.78, 5) is 11.9. The largest absolute Gasteiger partial charge is 0.454 e. The summed E-state index contributed by atoms with van der Waals surface area (Å²) in [7, 11) is -3.82. The molecule has 0 bridgehead atoms. The predicted molar refractivity (Wildman–Crippen MR) is 87.6 cm³/mol. The number of carbonyl (C=O) groups excluding carboxylic acids is 1. The summed E-state index contributed by atoms with van der Waals surface area (Å²) in [6.45, 7) is 1.63. The highest BCUT2D eigenvalue weighted by Gasteiger charge is 2.20. The van der Waals surface area contributed by atoms with Gasteiger partial charge in [-0.3, -0.25) is 4.79 Å². The minimum atomic E-state index is -3.82. The third-order valence-electron chi connectivity index (χ3n) is 3.41. The lowest BCUT2D eigenvalue weighted by atomic mass is 10.2. The van der Waals surface area contributed by atoms with Crippen molar-refractivity contribution in [1.82, 2.24) is 4.72 Å². The maximum Gasteiger partial charge on any atom is 0.241 e. The van der Waals surface area contributed by atoms with Crippen molar-refractivity contribution in [2.45, 2.75) is 11.8 Å². The third kappa shape index (κ3) is 3.66. The van der Waals surface area contributed by atoms with Crippen LogP contribution in [0.1, 0.15) is 5.56 Å². The van der Waals surface area contributed by atoms with Gasteiger partial charge in [0, 0.05) is 11.8 Å². The van der Waals surface area contributed by atoms with Crippen LogP contribution in [-0.4, -0.2) is 27.7 Å². The first-order valence-electron chi connectivity index (χ1n) is 7.20. The Morgan fingerprint density at radius 3 is 2.54 bits per heavy atom. The van der Waals surface area contributed by atoms with Gasteiger partial charge in [-0.05, 0) is 31.2 Å². The van der Waals surface area contributed by atoms with Gasteiger partial charge in [0.25, 0.3) is 0 Å². The predicted octanol–water partition coefficient (Wildman–Crippen LogP) is 1.64. The lowest BCUT2D eigenvalue weighted by Crippen LogP contribution is -2.32. The molecule has 1 aliphatic heterocycles. The Labute approximate surface area is 139 Å². The number of benzene rings is 2. The molecule has 2 N–H and O–H groups in total. The molecular formula is C16H16N2O5S. The Morgan fingerprint density at radius 2 is 1.79 bits per heavy atom. The molecule has 0 aliphatic carbocycles. The highest BCUT2D eigenvalue weighted by Crippen LogP contribution is 2.33. The smallest absolute Gasteiger partial charge is 0.241 e. The molecule has 0 unspecified atom stereocenters. The molecule has 0 fully saturated rings. The van der Waals surface area contributed by atoms with Gasteiger partial charge in [-0.25, -0.2) is 13.1 Å². The molecule has 0 saturated carbocycles. The number of nitrogens with one attached hydrogen (secondary N) is 2. The number of sulfonamides is 1. The minimum Gasteiger partial charge on any atom is -0.454 e. The lowest BCUT2D eigenvalue weighted by Gasteiger charge is -2.08. The first kappa shape index (κ1) is 16.3. The Balaban J connectivity index is 1.62. The van der Waals surface area contributed by atoms with E-state index in [4.69, 9.17) is 9.47 Å². The van der Waals surface area contributed by atoms with Gasteiger partial charge in [0.1, 0.15) is 0 Å². The number of aryl methyl sites for hydroxylation is 1.